The van der Waals surface area contributed by atoms with E-state index in [4.69, 9.17) is 16.3 Å². The summed E-state index contributed by atoms with van der Waals surface area (Å²) in [5.41, 5.74) is 1.06. The van der Waals surface area contributed by atoms with E-state index in [2.05, 4.69) is 16.8 Å². The van der Waals surface area contributed by atoms with Gasteiger partial charge >= 0.3 is 0 Å². The Bertz CT molecular complexity index is 630. The molecule has 1 atom stereocenters. The number of anilines is 1. The fraction of sp³-hybridized carbons (Fsp3) is 0.474. The van der Waals surface area contributed by atoms with Gasteiger partial charge < -0.3 is 19.9 Å². The van der Waals surface area contributed by atoms with E-state index < -0.39 is 6.10 Å². The minimum Gasteiger partial charge on any atom is -0.368 e. The molecule has 1 saturated heterocycles. The van der Waals surface area contributed by atoms with E-state index in [0.29, 0.717) is 31.1 Å². The number of carbonyl (C=O) groups is 2. The molecular weight excluding hydrogens is 354 g/mol. The fourth-order valence-electron chi connectivity index (χ4n) is 2.71. The van der Waals surface area contributed by atoms with Gasteiger partial charge in [0.05, 0.1) is 13.2 Å². The highest BCUT2D eigenvalue weighted by atomic mass is 35.5. The van der Waals surface area contributed by atoms with Crippen LogP contribution in [-0.4, -0.2) is 62.1 Å². The maximum atomic E-state index is 12.3. The van der Waals surface area contributed by atoms with Crippen molar-refractivity contribution in [3.8, 4) is 0 Å². The minimum absolute atomic E-state index is 0.00877. The first-order chi connectivity index (χ1) is 12.5. The highest BCUT2D eigenvalue weighted by Crippen LogP contribution is 2.20. The van der Waals surface area contributed by atoms with Crippen molar-refractivity contribution < 1.29 is 14.3 Å². The summed E-state index contributed by atoms with van der Waals surface area (Å²) in [4.78, 5) is 28.2. The van der Waals surface area contributed by atoms with E-state index in [-0.39, 0.29) is 18.4 Å². The van der Waals surface area contributed by atoms with Gasteiger partial charge in [0.1, 0.15) is 6.10 Å². The molecule has 0 radical (unpaired) electrons. The molecule has 1 aliphatic rings. The number of halogens is 1. The van der Waals surface area contributed by atoms with Crippen molar-refractivity contribution in [3.05, 3.63) is 41.9 Å². The first-order valence-corrected chi connectivity index (χ1v) is 9.17. The topological polar surface area (TPSA) is 61.9 Å². The molecule has 0 bridgehead atoms. The fourth-order valence-corrected chi connectivity index (χ4v) is 2.89. The van der Waals surface area contributed by atoms with E-state index in [1.165, 1.54) is 0 Å². The molecule has 1 unspecified atom stereocenters. The van der Waals surface area contributed by atoms with Gasteiger partial charge in [0.2, 0.25) is 11.8 Å². The number of rotatable bonds is 8. The second-order valence-electron chi connectivity index (χ2n) is 6.16. The van der Waals surface area contributed by atoms with E-state index >= 15 is 0 Å². The van der Waals surface area contributed by atoms with Gasteiger partial charge in [-0.25, -0.2) is 0 Å². The molecule has 1 aromatic rings. The molecule has 1 N–H and O–H groups in total. The van der Waals surface area contributed by atoms with Gasteiger partial charge in [-0.1, -0.05) is 23.7 Å². The highest BCUT2D eigenvalue weighted by molar-refractivity contribution is 6.30. The summed E-state index contributed by atoms with van der Waals surface area (Å²) in [5, 5.41) is 3.35. The van der Waals surface area contributed by atoms with E-state index in [0.717, 1.165) is 18.8 Å². The van der Waals surface area contributed by atoms with Crippen LogP contribution < -0.4 is 10.2 Å². The summed E-state index contributed by atoms with van der Waals surface area (Å²) < 4.78 is 5.37. The van der Waals surface area contributed by atoms with Gasteiger partial charge in [-0.15, -0.1) is 6.58 Å². The van der Waals surface area contributed by atoms with Crippen LogP contribution in [0.2, 0.25) is 5.02 Å². The third-order valence-electron chi connectivity index (χ3n) is 4.28. The second-order valence-corrected chi connectivity index (χ2v) is 6.59. The third kappa shape index (κ3) is 6.04. The zero-order valence-electron chi connectivity index (χ0n) is 15.1. The number of ether oxygens (including phenoxy) is 1. The summed E-state index contributed by atoms with van der Waals surface area (Å²) in [6, 6.07) is 7.70. The molecule has 1 aliphatic heterocycles. The van der Waals surface area contributed by atoms with Crippen LogP contribution in [0.1, 0.15) is 13.3 Å². The number of nitrogens with zero attached hydrogens (tertiary/aromatic N) is 2. The molecule has 0 saturated carbocycles. The molecule has 142 valence electrons. The van der Waals surface area contributed by atoms with Crippen LogP contribution >= 0.6 is 11.6 Å². The molecule has 6 nitrogen and oxygen atoms in total. The molecule has 2 amide bonds. The summed E-state index contributed by atoms with van der Waals surface area (Å²) >= 11 is 6.03. The molecule has 0 aliphatic carbocycles. The van der Waals surface area contributed by atoms with Crippen molar-refractivity contribution >= 4 is 29.1 Å². The average Bonchev–Trinajstić information content (AvgIpc) is 2.66. The van der Waals surface area contributed by atoms with Crippen LogP contribution in [0.25, 0.3) is 0 Å². The lowest BCUT2D eigenvalue weighted by Gasteiger charge is -2.36. The number of amides is 2. The van der Waals surface area contributed by atoms with Crippen LogP contribution in [0.5, 0.6) is 0 Å². The third-order valence-corrected chi connectivity index (χ3v) is 4.51. The van der Waals surface area contributed by atoms with Gasteiger partial charge in [-0.2, -0.15) is 0 Å². The van der Waals surface area contributed by atoms with E-state index in [1.54, 1.807) is 17.9 Å². The number of hydrogen-bond acceptors (Lipinski definition) is 4. The van der Waals surface area contributed by atoms with Gasteiger partial charge in [0.15, 0.2) is 0 Å². The smallest absolute Gasteiger partial charge is 0.249 e. The van der Waals surface area contributed by atoms with Crippen molar-refractivity contribution in [2.45, 2.75) is 19.4 Å². The zero-order chi connectivity index (χ0) is 18.9. The predicted molar refractivity (Wildman–Crippen MR) is 103 cm³/mol. The summed E-state index contributed by atoms with van der Waals surface area (Å²) in [7, 11) is 0. The predicted octanol–water partition coefficient (Wildman–Crippen LogP) is 2.09. The van der Waals surface area contributed by atoms with Gasteiger partial charge in [-0.3, -0.25) is 9.59 Å². The Kier molecular flexibility index (Phi) is 7.94. The van der Waals surface area contributed by atoms with Crippen molar-refractivity contribution in [1.29, 1.82) is 0 Å². The van der Waals surface area contributed by atoms with Crippen LogP contribution in [0, 0.1) is 0 Å². The monoisotopic (exact) mass is 379 g/mol. The maximum Gasteiger partial charge on any atom is 0.249 e. The number of hydrogen-bond donors (Lipinski definition) is 1. The first kappa shape index (κ1) is 20.3. The van der Waals surface area contributed by atoms with Crippen molar-refractivity contribution in [2.24, 2.45) is 0 Å². The molecule has 0 aromatic heterocycles. The number of carbonyl (C=O) groups excluding carboxylic acids is 2. The number of nitrogens with one attached hydrogen (secondary N) is 1. The molecule has 2 rings (SSSR count). The van der Waals surface area contributed by atoms with Gasteiger partial charge in [0, 0.05) is 36.9 Å². The normalized spacial score (nSPS) is 15.5. The van der Waals surface area contributed by atoms with Gasteiger partial charge in [0.25, 0.3) is 0 Å². The Labute approximate surface area is 159 Å². The molecule has 7 heteroatoms. The molecule has 0 spiro atoms. The Morgan fingerprint density at radius 3 is 2.73 bits per heavy atom. The van der Waals surface area contributed by atoms with Crippen LogP contribution in [0.4, 0.5) is 5.69 Å². The summed E-state index contributed by atoms with van der Waals surface area (Å²) in [6.45, 7) is 8.42. The Morgan fingerprint density at radius 1 is 1.35 bits per heavy atom. The number of piperazine rings is 1. The maximum absolute atomic E-state index is 12.3. The average molecular weight is 380 g/mol. The van der Waals surface area contributed by atoms with Gasteiger partial charge in [-0.05, 0) is 31.5 Å². The number of benzene rings is 1. The standard InChI is InChI=1S/C19H26ClN3O3/c1-3-4-12-26-15(2)19(25)21-14-18(24)23-10-8-22(9-11-23)17-7-5-6-16(20)13-17/h3,5-7,13,15H,1,4,8-12,14H2,2H3,(H,21,25). The summed E-state index contributed by atoms with van der Waals surface area (Å²) in [6.07, 6.45) is 1.84. The second kappa shape index (κ2) is 10.2. The van der Waals surface area contributed by atoms with Crippen LogP contribution in [-0.2, 0) is 14.3 Å². The Balaban J connectivity index is 1.72. The van der Waals surface area contributed by atoms with Crippen molar-refractivity contribution in [3.63, 3.8) is 0 Å². The SMILES string of the molecule is C=CCCOC(C)C(=O)NCC(=O)N1CCN(c2cccc(Cl)c2)CC1. The summed E-state index contributed by atoms with van der Waals surface area (Å²) in [5.74, 6) is -0.359. The molecule has 1 fully saturated rings. The lowest BCUT2D eigenvalue weighted by atomic mass is 10.2. The first-order valence-electron chi connectivity index (χ1n) is 8.79. The van der Waals surface area contributed by atoms with Crippen LogP contribution in [0.3, 0.4) is 0 Å². The Hall–Kier alpha value is -2.05. The lowest BCUT2D eigenvalue weighted by molar-refractivity contribution is -0.136. The molecule has 1 aromatic carbocycles. The van der Waals surface area contributed by atoms with Crippen LogP contribution in [0.15, 0.2) is 36.9 Å². The lowest BCUT2D eigenvalue weighted by Crippen LogP contribution is -2.51. The van der Waals surface area contributed by atoms with Crippen molar-refractivity contribution in [1.82, 2.24) is 10.2 Å². The zero-order valence-corrected chi connectivity index (χ0v) is 15.9. The van der Waals surface area contributed by atoms with E-state index in [9.17, 15) is 9.59 Å². The Morgan fingerprint density at radius 2 is 2.08 bits per heavy atom. The highest BCUT2D eigenvalue weighted by Gasteiger charge is 2.22. The van der Waals surface area contributed by atoms with E-state index in [1.807, 2.05) is 24.3 Å². The minimum atomic E-state index is -0.581. The largest absolute Gasteiger partial charge is 0.368 e. The van der Waals surface area contributed by atoms with Crippen molar-refractivity contribution in [2.75, 3.05) is 44.2 Å². The quantitative estimate of drug-likeness (QED) is 0.555. The molecular formula is C19H26ClN3O3. The molecule has 26 heavy (non-hydrogen) atoms. The molecule has 1 heterocycles.